The molecule has 0 aliphatic heterocycles. The number of nitrogens with two attached hydrogens (primary N) is 1. The third-order valence-corrected chi connectivity index (χ3v) is 1.79. The monoisotopic (exact) mass is 194 g/mol. The van der Waals surface area contributed by atoms with Crippen LogP contribution in [0.1, 0.15) is 32.0 Å². The SMILES string of the molecule is Cc1nc(NC(C)(C)C)ncc1CN. The molecule has 0 bridgehead atoms. The fourth-order valence-electron chi connectivity index (χ4n) is 1.09. The number of aryl methyl sites for hydroxylation is 1. The topological polar surface area (TPSA) is 63.8 Å². The molecular weight excluding hydrogens is 176 g/mol. The van der Waals surface area contributed by atoms with Gasteiger partial charge in [0.05, 0.1) is 0 Å². The lowest BCUT2D eigenvalue weighted by atomic mass is 10.1. The van der Waals surface area contributed by atoms with Crippen LogP contribution in [0.25, 0.3) is 0 Å². The van der Waals surface area contributed by atoms with Gasteiger partial charge in [-0.15, -0.1) is 0 Å². The molecule has 0 spiro atoms. The molecule has 0 aromatic carbocycles. The highest BCUT2D eigenvalue weighted by atomic mass is 15.1. The maximum Gasteiger partial charge on any atom is 0.223 e. The van der Waals surface area contributed by atoms with E-state index in [2.05, 4.69) is 36.1 Å². The lowest BCUT2D eigenvalue weighted by molar-refractivity contribution is 0.625. The van der Waals surface area contributed by atoms with E-state index >= 15 is 0 Å². The van der Waals surface area contributed by atoms with Crippen molar-refractivity contribution in [3.8, 4) is 0 Å². The zero-order chi connectivity index (χ0) is 10.8. The molecule has 0 saturated carbocycles. The van der Waals surface area contributed by atoms with Gasteiger partial charge in [0, 0.05) is 29.5 Å². The van der Waals surface area contributed by atoms with E-state index in [4.69, 9.17) is 5.73 Å². The van der Waals surface area contributed by atoms with Crippen LogP contribution in [0.4, 0.5) is 5.95 Å². The standard InChI is InChI=1S/C10H18N4/c1-7-8(5-11)6-12-9(13-7)14-10(2,3)4/h6H,5,11H2,1-4H3,(H,12,13,14). The lowest BCUT2D eigenvalue weighted by Crippen LogP contribution is -2.27. The van der Waals surface area contributed by atoms with Crippen molar-refractivity contribution in [1.82, 2.24) is 9.97 Å². The molecule has 0 unspecified atom stereocenters. The Morgan fingerprint density at radius 3 is 2.50 bits per heavy atom. The summed E-state index contributed by atoms with van der Waals surface area (Å²) in [5.41, 5.74) is 7.44. The van der Waals surface area contributed by atoms with Crippen LogP contribution in [-0.2, 0) is 6.54 Å². The first-order valence-corrected chi connectivity index (χ1v) is 4.73. The molecule has 3 N–H and O–H groups in total. The van der Waals surface area contributed by atoms with Crippen molar-refractivity contribution < 1.29 is 0 Å². The van der Waals surface area contributed by atoms with E-state index in [0.29, 0.717) is 12.5 Å². The molecule has 1 aromatic heterocycles. The molecule has 0 fully saturated rings. The molecule has 4 heteroatoms. The van der Waals surface area contributed by atoms with E-state index in [1.807, 2.05) is 6.92 Å². The van der Waals surface area contributed by atoms with Crippen molar-refractivity contribution in [2.24, 2.45) is 5.73 Å². The first-order valence-electron chi connectivity index (χ1n) is 4.73. The number of anilines is 1. The van der Waals surface area contributed by atoms with Crippen molar-refractivity contribution in [3.63, 3.8) is 0 Å². The molecule has 0 amide bonds. The number of nitrogens with zero attached hydrogens (tertiary/aromatic N) is 2. The minimum atomic E-state index is -0.0172. The van der Waals surface area contributed by atoms with Crippen molar-refractivity contribution in [2.75, 3.05) is 5.32 Å². The quantitative estimate of drug-likeness (QED) is 0.748. The second kappa shape index (κ2) is 3.92. The average Bonchev–Trinajstić information content (AvgIpc) is 2.01. The normalized spacial score (nSPS) is 11.5. The summed E-state index contributed by atoms with van der Waals surface area (Å²) in [7, 11) is 0. The second-order valence-electron chi connectivity index (χ2n) is 4.38. The summed E-state index contributed by atoms with van der Waals surface area (Å²) < 4.78 is 0. The van der Waals surface area contributed by atoms with Gasteiger partial charge in [-0.25, -0.2) is 9.97 Å². The van der Waals surface area contributed by atoms with Gasteiger partial charge < -0.3 is 11.1 Å². The zero-order valence-electron chi connectivity index (χ0n) is 9.26. The smallest absolute Gasteiger partial charge is 0.223 e. The first-order chi connectivity index (χ1) is 6.42. The minimum Gasteiger partial charge on any atom is -0.350 e. The van der Waals surface area contributed by atoms with Gasteiger partial charge in [-0.05, 0) is 27.7 Å². The van der Waals surface area contributed by atoms with Crippen molar-refractivity contribution in [2.45, 2.75) is 39.8 Å². The summed E-state index contributed by atoms with van der Waals surface area (Å²) in [6.07, 6.45) is 1.77. The third-order valence-electron chi connectivity index (χ3n) is 1.79. The first kappa shape index (κ1) is 10.9. The Morgan fingerprint density at radius 1 is 1.43 bits per heavy atom. The van der Waals surface area contributed by atoms with Crippen molar-refractivity contribution in [1.29, 1.82) is 0 Å². The van der Waals surface area contributed by atoms with E-state index in [-0.39, 0.29) is 5.54 Å². The highest BCUT2D eigenvalue weighted by Crippen LogP contribution is 2.11. The lowest BCUT2D eigenvalue weighted by Gasteiger charge is -2.20. The van der Waals surface area contributed by atoms with Crippen LogP contribution in [0.3, 0.4) is 0 Å². The molecule has 1 aromatic rings. The Bertz CT molecular complexity index is 314. The predicted octanol–water partition coefficient (Wildman–Crippen LogP) is 1.45. The summed E-state index contributed by atoms with van der Waals surface area (Å²) in [4.78, 5) is 8.52. The molecule has 78 valence electrons. The van der Waals surface area contributed by atoms with Crippen LogP contribution in [0.2, 0.25) is 0 Å². The fraction of sp³-hybridized carbons (Fsp3) is 0.600. The Kier molecular flexibility index (Phi) is 3.06. The Morgan fingerprint density at radius 2 is 2.07 bits per heavy atom. The van der Waals surface area contributed by atoms with Gasteiger partial charge in [0.2, 0.25) is 5.95 Å². The summed E-state index contributed by atoms with van der Waals surface area (Å²) in [5.74, 6) is 0.659. The maximum atomic E-state index is 5.53. The molecule has 0 aliphatic rings. The van der Waals surface area contributed by atoms with E-state index in [0.717, 1.165) is 11.3 Å². The molecule has 0 atom stereocenters. The second-order valence-corrected chi connectivity index (χ2v) is 4.38. The maximum absolute atomic E-state index is 5.53. The molecule has 0 saturated heterocycles. The number of hydrogen-bond donors (Lipinski definition) is 2. The molecule has 1 rings (SSSR count). The van der Waals surface area contributed by atoms with Crippen LogP contribution in [0.5, 0.6) is 0 Å². The third kappa shape index (κ3) is 2.96. The van der Waals surface area contributed by atoms with Gasteiger partial charge in [0.25, 0.3) is 0 Å². The van der Waals surface area contributed by atoms with Gasteiger partial charge in [-0.2, -0.15) is 0 Å². The van der Waals surface area contributed by atoms with Crippen LogP contribution >= 0.6 is 0 Å². The Balaban J connectivity index is 2.87. The summed E-state index contributed by atoms with van der Waals surface area (Å²) in [6, 6.07) is 0. The largest absolute Gasteiger partial charge is 0.350 e. The predicted molar refractivity (Wildman–Crippen MR) is 58.0 cm³/mol. The van der Waals surface area contributed by atoms with E-state index < -0.39 is 0 Å². The van der Waals surface area contributed by atoms with Gasteiger partial charge >= 0.3 is 0 Å². The Hall–Kier alpha value is -1.16. The summed E-state index contributed by atoms with van der Waals surface area (Å²) in [6.45, 7) is 8.65. The van der Waals surface area contributed by atoms with Crippen LogP contribution in [0.15, 0.2) is 6.20 Å². The summed E-state index contributed by atoms with van der Waals surface area (Å²) >= 11 is 0. The molecular formula is C10H18N4. The van der Waals surface area contributed by atoms with Gasteiger partial charge in [0.15, 0.2) is 0 Å². The van der Waals surface area contributed by atoms with E-state index in [9.17, 15) is 0 Å². The molecule has 4 nitrogen and oxygen atoms in total. The Labute approximate surface area is 85.0 Å². The van der Waals surface area contributed by atoms with Crippen LogP contribution in [0, 0.1) is 6.92 Å². The van der Waals surface area contributed by atoms with Crippen molar-refractivity contribution >= 4 is 5.95 Å². The number of rotatable bonds is 2. The van der Waals surface area contributed by atoms with E-state index in [1.54, 1.807) is 6.20 Å². The number of hydrogen-bond acceptors (Lipinski definition) is 4. The minimum absolute atomic E-state index is 0.0172. The highest BCUT2D eigenvalue weighted by Gasteiger charge is 2.11. The van der Waals surface area contributed by atoms with Gasteiger partial charge in [-0.1, -0.05) is 0 Å². The zero-order valence-corrected chi connectivity index (χ0v) is 9.26. The summed E-state index contributed by atoms with van der Waals surface area (Å²) in [5, 5.41) is 3.21. The molecule has 0 aliphatic carbocycles. The molecule has 0 radical (unpaired) electrons. The highest BCUT2D eigenvalue weighted by molar-refractivity contribution is 5.31. The fourth-order valence-corrected chi connectivity index (χ4v) is 1.09. The average molecular weight is 194 g/mol. The molecule has 1 heterocycles. The number of aromatic nitrogens is 2. The van der Waals surface area contributed by atoms with Gasteiger partial charge in [-0.3, -0.25) is 0 Å². The van der Waals surface area contributed by atoms with Crippen LogP contribution < -0.4 is 11.1 Å². The molecule has 14 heavy (non-hydrogen) atoms. The van der Waals surface area contributed by atoms with Gasteiger partial charge in [0.1, 0.15) is 0 Å². The van der Waals surface area contributed by atoms with Crippen LogP contribution in [-0.4, -0.2) is 15.5 Å². The number of nitrogens with one attached hydrogen (secondary N) is 1. The van der Waals surface area contributed by atoms with E-state index in [1.165, 1.54) is 0 Å². The van der Waals surface area contributed by atoms with Crippen molar-refractivity contribution in [3.05, 3.63) is 17.5 Å².